The predicted molar refractivity (Wildman–Crippen MR) is 108 cm³/mol. The number of amides is 1. The number of carbonyl (C=O) groups is 1. The van der Waals surface area contributed by atoms with Gasteiger partial charge in [-0.1, -0.05) is 36.4 Å². The van der Waals surface area contributed by atoms with E-state index in [1.165, 1.54) is 0 Å². The van der Waals surface area contributed by atoms with Gasteiger partial charge in [-0.3, -0.25) is 4.79 Å². The first-order chi connectivity index (χ1) is 13.8. The molecule has 0 N–H and O–H groups in total. The third-order valence-corrected chi connectivity index (χ3v) is 5.09. The van der Waals surface area contributed by atoms with Gasteiger partial charge in [0.15, 0.2) is 5.76 Å². The summed E-state index contributed by atoms with van der Waals surface area (Å²) in [5, 5.41) is 0.917. The van der Waals surface area contributed by atoms with Gasteiger partial charge >= 0.3 is 0 Å². The molecule has 0 saturated carbocycles. The average molecular weight is 379 g/mol. The summed E-state index contributed by atoms with van der Waals surface area (Å²) in [5.41, 5.74) is 1.50. The molecule has 1 amide bonds. The van der Waals surface area contributed by atoms with Crippen LogP contribution in [0, 0.1) is 0 Å². The van der Waals surface area contributed by atoms with Crippen LogP contribution in [-0.2, 0) is 11.3 Å². The van der Waals surface area contributed by atoms with Crippen molar-refractivity contribution in [3.05, 3.63) is 65.9 Å². The van der Waals surface area contributed by atoms with E-state index >= 15 is 0 Å². The number of hydrogen-bond donors (Lipinski definition) is 0. The van der Waals surface area contributed by atoms with E-state index in [2.05, 4.69) is 0 Å². The number of fused-ring (bicyclic) bond motifs is 1. The van der Waals surface area contributed by atoms with Crippen LogP contribution in [0.4, 0.5) is 0 Å². The fraction of sp³-hybridized carbons (Fsp3) is 0.348. The Morgan fingerprint density at radius 2 is 1.93 bits per heavy atom. The molecule has 0 aliphatic carbocycles. The lowest BCUT2D eigenvalue weighted by atomic mass is 10.1. The molecule has 1 atom stereocenters. The van der Waals surface area contributed by atoms with Gasteiger partial charge in [0, 0.05) is 30.6 Å². The van der Waals surface area contributed by atoms with E-state index in [1.807, 2.05) is 66.4 Å². The number of likely N-dealkylation sites (tertiary alicyclic amines) is 1. The summed E-state index contributed by atoms with van der Waals surface area (Å²) in [6, 6.07) is 17.3. The third-order valence-electron chi connectivity index (χ3n) is 5.09. The van der Waals surface area contributed by atoms with Crippen molar-refractivity contribution < 1.29 is 18.7 Å². The van der Waals surface area contributed by atoms with Crippen molar-refractivity contribution >= 4 is 16.9 Å². The molecule has 146 valence electrons. The highest BCUT2D eigenvalue weighted by molar-refractivity contribution is 5.99. The summed E-state index contributed by atoms with van der Waals surface area (Å²) in [6.45, 7) is 4.25. The third kappa shape index (κ3) is 3.90. The van der Waals surface area contributed by atoms with Crippen molar-refractivity contribution in [3.8, 4) is 5.75 Å². The zero-order valence-corrected chi connectivity index (χ0v) is 16.1. The number of nitrogens with zero attached hydrogens (tertiary/aromatic N) is 1. The number of piperidine rings is 1. The zero-order chi connectivity index (χ0) is 19.3. The number of furan rings is 1. The maximum absolute atomic E-state index is 13.3. The van der Waals surface area contributed by atoms with Crippen molar-refractivity contribution in [2.24, 2.45) is 0 Å². The first kappa shape index (κ1) is 18.6. The SMILES string of the molecule is CCOC1CCCN(C(=O)c2oc3ccccc3c2COc2ccccc2)C1. The molecule has 0 radical (unpaired) electrons. The summed E-state index contributed by atoms with van der Waals surface area (Å²) < 4.78 is 17.7. The van der Waals surface area contributed by atoms with E-state index in [4.69, 9.17) is 13.9 Å². The van der Waals surface area contributed by atoms with Crippen LogP contribution in [0.2, 0.25) is 0 Å². The number of carbonyl (C=O) groups excluding carboxylic acids is 1. The summed E-state index contributed by atoms with van der Waals surface area (Å²) in [5.74, 6) is 1.04. The van der Waals surface area contributed by atoms with E-state index in [9.17, 15) is 4.79 Å². The number of ether oxygens (including phenoxy) is 2. The minimum atomic E-state index is -0.0905. The van der Waals surface area contributed by atoms with Crippen molar-refractivity contribution in [1.29, 1.82) is 0 Å². The Kier molecular flexibility index (Phi) is 5.63. The molecule has 28 heavy (non-hydrogen) atoms. The Morgan fingerprint density at radius 3 is 2.75 bits per heavy atom. The Bertz CT molecular complexity index is 932. The monoisotopic (exact) mass is 379 g/mol. The second-order valence-corrected chi connectivity index (χ2v) is 6.98. The molecule has 1 fully saturated rings. The second kappa shape index (κ2) is 8.48. The molecule has 1 aliphatic rings. The molecule has 1 aromatic heterocycles. The van der Waals surface area contributed by atoms with Gasteiger partial charge in [-0.2, -0.15) is 0 Å². The lowest BCUT2D eigenvalue weighted by Gasteiger charge is -2.32. The van der Waals surface area contributed by atoms with Gasteiger partial charge in [0.05, 0.1) is 6.10 Å². The van der Waals surface area contributed by atoms with E-state index in [1.54, 1.807) is 0 Å². The first-order valence-corrected chi connectivity index (χ1v) is 9.85. The van der Waals surface area contributed by atoms with Gasteiger partial charge in [-0.15, -0.1) is 0 Å². The van der Waals surface area contributed by atoms with Crippen LogP contribution in [-0.4, -0.2) is 36.6 Å². The largest absolute Gasteiger partial charge is 0.489 e. The van der Waals surface area contributed by atoms with E-state index in [-0.39, 0.29) is 18.6 Å². The standard InChI is InChI=1S/C23H25NO4/c1-2-26-18-11-8-14-24(15-18)23(25)22-20(16-27-17-9-4-3-5-10-17)19-12-6-7-13-21(19)28-22/h3-7,9-10,12-13,18H,2,8,11,14-16H2,1H3. The summed E-state index contributed by atoms with van der Waals surface area (Å²) in [7, 11) is 0. The van der Waals surface area contributed by atoms with Crippen LogP contribution >= 0.6 is 0 Å². The van der Waals surface area contributed by atoms with Gasteiger partial charge < -0.3 is 18.8 Å². The highest BCUT2D eigenvalue weighted by atomic mass is 16.5. The normalized spacial score (nSPS) is 17.0. The summed E-state index contributed by atoms with van der Waals surface area (Å²) in [6.07, 6.45) is 2.02. The fourth-order valence-corrected chi connectivity index (χ4v) is 3.73. The number of rotatable bonds is 6. The smallest absolute Gasteiger partial charge is 0.290 e. The predicted octanol–water partition coefficient (Wildman–Crippen LogP) is 4.65. The highest BCUT2D eigenvalue weighted by Crippen LogP contribution is 2.29. The summed E-state index contributed by atoms with van der Waals surface area (Å²) >= 11 is 0. The van der Waals surface area contributed by atoms with Gasteiger partial charge in [-0.25, -0.2) is 0 Å². The Labute approximate surface area is 164 Å². The molecule has 0 spiro atoms. The molecular formula is C23H25NO4. The average Bonchev–Trinajstić information content (AvgIpc) is 3.11. The molecular weight excluding hydrogens is 354 g/mol. The minimum Gasteiger partial charge on any atom is -0.489 e. The van der Waals surface area contributed by atoms with Crippen molar-refractivity contribution in [1.82, 2.24) is 4.90 Å². The van der Waals surface area contributed by atoms with Gasteiger partial charge in [0.25, 0.3) is 5.91 Å². The lowest BCUT2D eigenvalue weighted by Crippen LogP contribution is -2.43. The topological polar surface area (TPSA) is 51.9 Å². The molecule has 5 nitrogen and oxygen atoms in total. The Hall–Kier alpha value is -2.79. The maximum atomic E-state index is 13.3. The van der Waals surface area contributed by atoms with Crippen molar-refractivity contribution in [3.63, 3.8) is 0 Å². The van der Waals surface area contributed by atoms with Gasteiger partial charge in [-0.05, 0) is 38.0 Å². The molecule has 0 bridgehead atoms. The molecule has 2 aromatic carbocycles. The molecule has 1 aliphatic heterocycles. The maximum Gasteiger partial charge on any atom is 0.290 e. The van der Waals surface area contributed by atoms with Crippen molar-refractivity contribution in [2.75, 3.05) is 19.7 Å². The second-order valence-electron chi connectivity index (χ2n) is 6.98. The number of benzene rings is 2. The zero-order valence-electron chi connectivity index (χ0n) is 16.1. The molecule has 3 aromatic rings. The molecule has 1 saturated heterocycles. The Morgan fingerprint density at radius 1 is 1.14 bits per heavy atom. The van der Waals surface area contributed by atoms with E-state index < -0.39 is 0 Å². The lowest BCUT2D eigenvalue weighted by molar-refractivity contribution is 0.00614. The van der Waals surface area contributed by atoms with Crippen LogP contribution in [0.1, 0.15) is 35.9 Å². The Balaban J connectivity index is 1.61. The van der Waals surface area contributed by atoms with Crippen LogP contribution in [0.5, 0.6) is 5.75 Å². The van der Waals surface area contributed by atoms with E-state index in [0.717, 1.165) is 36.1 Å². The highest BCUT2D eigenvalue weighted by Gasteiger charge is 2.29. The molecule has 1 unspecified atom stereocenters. The quantitative estimate of drug-likeness (QED) is 0.625. The fourth-order valence-electron chi connectivity index (χ4n) is 3.73. The molecule has 4 rings (SSSR count). The van der Waals surface area contributed by atoms with Crippen molar-refractivity contribution in [2.45, 2.75) is 32.5 Å². The van der Waals surface area contributed by atoms with Crippen LogP contribution in [0.25, 0.3) is 11.0 Å². The number of para-hydroxylation sites is 2. The van der Waals surface area contributed by atoms with Gasteiger partial charge in [0.1, 0.15) is 17.9 Å². The minimum absolute atomic E-state index is 0.0905. The van der Waals surface area contributed by atoms with Crippen LogP contribution in [0.3, 0.4) is 0 Å². The molecule has 2 heterocycles. The number of hydrogen-bond acceptors (Lipinski definition) is 4. The molecule has 5 heteroatoms. The van der Waals surface area contributed by atoms with Crippen LogP contribution < -0.4 is 4.74 Å². The van der Waals surface area contributed by atoms with Crippen LogP contribution in [0.15, 0.2) is 59.0 Å². The van der Waals surface area contributed by atoms with E-state index in [0.29, 0.717) is 24.5 Å². The summed E-state index contributed by atoms with van der Waals surface area (Å²) in [4.78, 5) is 15.1. The first-order valence-electron chi connectivity index (χ1n) is 9.85. The van der Waals surface area contributed by atoms with Gasteiger partial charge in [0.2, 0.25) is 0 Å².